The van der Waals surface area contributed by atoms with Crippen LogP contribution < -0.4 is 16.4 Å². The first-order valence-corrected chi connectivity index (χ1v) is 9.39. The molecule has 6 heteroatoms. The van der Waals surface area contributed by atoms with Crippen LogP contribution in [-0.2, 0) is 14.4 Å². The van der Waals surface area contributed by atoms with E-state index >= 15 is 0 Å². The zero-order chi connectivity index (χ0) is 19.7. The van der Waals surface area contributed by atoms with Gasteiger partial charge >= 0.3 is 0 Å². The lowest BCUT2D eigenvalue weighted by molar-refractivity contribution is -0.129. The van der Waals surface area contributed by atoms with Gasteiger partial charge in [-0.1, -0.05) is 27.2 Å². The summed E-state index contributed by atoms with van der Waals surface area (Å²) in [6.45, 7) is 11.8. The summed E-state index contributed by atoms with van der Waals surface area (Å²) >= 11 is 0. The van der Waals surface area contributed by atoms with Gasteiger partial charge in [0.2, 0.25) is 5.91 Å². The van der Waals surface area contributed by atoms with E-state index in [4.69, 9.17) is 5.73 Å². The van der Waals surface area contributed by atoms with Gasteiger partial charge in [-0.05, 0) is 46.5 Å². The molecule has 0 radical (unpaired) electrons. The van der Waals surface area contributed by atoms with E-state index < -0.39 is 23.5 Å². The largest absolute Gasteiger partial charge is 0.368 e. The van der Waals surface area contributed by atoms with Gasteiger partial charge in [-0.2, -0.15) is 0 Å². The Balaban J connectivity index is 5.47. The van der Waals surface area contributed by atoms with Gasteiger partial charge in [0.15, 0.2) is 5.78 Å². The molecule has 0 aliphatic heterocycles. The molecule has 0 spiro atoms. The Morgan fingerprint density at radius 2 is 1.60 bits per heavy atom. The molecule has 0 aromatic rings. The van der Waals surface area contributed by atoms with Gasteiger partial charge in [0.05, 0.1) is 17.6 Å². The number of Topliss-reactive ketones (excluding diaryl/α,β-unsaturated/α-hetero) is 1. The van der Waals surface area contributed by atoms with Crippen molar-refractivity contribution in [2.24, 2.45) is 5.73 Å². The summed E-state index contributed by atoms with van der Waals surface area (Å²) in [5.74, 6) is -0.471. The van der Waals surface area contributed by atoms with Gasteiger partial charge in [0.1, 0.15) is 6.29 Å². The van der Waals surface area contributed by atoms with Crippen LogP contribution in [-0.4, -0.2) is 41.1 Å². The maximum atomic E-state index is 13.3. The second kappa shape index (κ2) is 10.7. The van der Waals surface area contributed by atoms with Crippen LogP contribution >= 0.6 is 0 Å². The summed E-state index contributed by atoms with van der Waals surface area (Å²) in [5.41, 5.74) is 4.40. The van der Waals surface area contributed by atoms with Gasteiger partial charge in [-0.25, -0.2) is 0 Å². The molecule has 0 aromatic heterocycles. The molecule has 0 aliphatic rings. The molecule has 1 amide bonds. The van der Waals surface area contributed by atoms with E-state index in [2.05, 4.69) is 17.6 Å². The third-order valence-corrected chi connectivity index (χ3v) is 5.00. The maximum absolute atomic E-state index is 13.3. The number of primary amides is 1. The van der Waals surface area contributed by atoms with Crippen molar-refractivity contribution >= 4 is 18.0 Å². The zero-order valence-corrected chi connectivity index (χ0v) is 16.8. The lowest BCUT2D eigenvalue weighted by Gasteiger charge is -2.38. The topological polar surface area (TPSA) is 101 Å². The minimum absolute atomic E-state index is 0.0271. The SMILES string of the molecule is CCCC(NC(C)(CC)C(=O)C(CCC=O)NC(C)(C)CC)C(N)=O. The molecule has 4 N–H and O–H groups in total. The smallest absolute Gasteiger partial charge is 0.234 e. The summed E-state index contributed by atoms with van der Waals surface area (Å²) in [6, 6.07) is -0.988. The van der Waals surface area contributed by atoms with Gasteiger partial charge in [0.25, 0.3) is 0 Å². The highest BCUT2D eigenvalue weighted by atomic mass is 16.2. The van der Waals surface area contributed by atoms with Crippen molar-refractivity contribution in [2.75, 3.05) is 0 Å². The quantitative estimate of drug-likeness (QED) is 0.414. The molecule has 0 fully saturated rings. The summed E-state index contributed by atoms with van der Waals surface area (Å²) in [7, 11) is 0. The fourth-order valence-electron chi connectivity index (χ4n) is 2.77. The number of amides is 1. The number of carbonyl (C=O) groups is 3. The first-order chi connectivity index (χ1) is 11.6. The Morgan fingerprint density at radius 1 is 1.00 bits per heavy atom. The Bertz CT molecular complexity index is 451. The Morgan fingerprint density at radius 3 is 2.00 bits per heavy atom. The molecule has 3 unspecified atom stereocenters. The third-order valence-electron chi connectivity index (χ3n) is 5.00. The summed E-state index contributed by atoms with van der Waals surface area (Å²) in [5, 5.41) is 6.58. The zero-order valence-electron chi connectivity index (χ0n) is 16.8. The Labute approximate surface area is 152 Å². The standard InChI is InChI=1S/C19H37N3O3/c1-7-11-15(17(20)25)22-19(6,9-3)16(24)14(12-10-13-23)21-18(4,5)8-2/h13-15,21-22H,7-12H2,1-6H3,(H2,20,25). The summed E-state index contributed by atoms with van der Waals surface area (Å²) in [6.07, 6.45) is 4.37. The lowest BCUT2D eigenvalue weighted by Crippen LogP contribution is -2.63. The van der Waals surface area contributed by atoms with Crippen LogP contribution in [0.4, 0.5) is 0 Å². The Kier molecular flexibility index (Phi) is 10.1. The number of hydrogen-bond acceptors (Lipinski definition) is 5. The van der Waals surface area contributed by atoms with Crippen LogP contribution in [0.3, 0.4) is 0 Å². The molecule has 146 valence electrons. The molecular formula is C19H37N3O3. The highest BCUT2D eigenvalue weighted by Gasteiger charge is 2.39. The van der Waals surface area contributed by atoms with Crippen molar-refractivity contribution in [2.45, 2.75) is 103 Å². The van der Waals surface area contributed by atoms with E-state index in [0.29, 0.717) is 25.7 Å². The minimum atomic E-state index is -0.876. The lowest BCUT2D eigenvalue weighted by atomic mass is 9.84. The van der Waals surface area contributed by atoms with Crippen LogP contribution in [0.1, 0.15) is 80.1 Å². The first kappa shape index (κ1) is 23.7. The van der Waals surface area contributed by atoms with Crippen LogP contribution in [0.5, 0.6) is 0 Å². The van der Waals surface area contributed by atoms with Crippen molar-refractivity contribution in [3.8, 4) is 0 Å². The molecule has 0 saturated carbocycles. The van der Waals surface area contributed by atoms with Crippen molar-refractivity contribution in [1.82, 2.24) is 10.6 Å². The van der Waals surface area contributed by atoms with E-state index in [0.717, 1.165) is 19.1 Å². The number of ketones is 1. The molecule has 0 saturated heterocycles. The molecule has 0 aromatic carbocycles. The summed E-state index contributed by atoms with van der Waals surface area (Å²) < 4.78 is 0. The number of hydrogen-bond donors (Lipinski definition) is 3. The average Bonchev–Trinajstić information content (AvgIpc) is 2.57. The van der Waals surface area contributed by atoms with Crippen molar-refractivity contribution in [3.63, 3.8) is 0 Å². The van der Waals surface area contributed by atoms with Gasteiger partial charge in [-0.3, -0.25) is 14.9 Å². The fraction of sp³-hybridized carbons (Fsp3) is 0.842. The second-order valence-corrected chi connectivity index (χ2v) is 7.62. The van der Waals surface area contributed by atoms with Crippen LogP contribution in [0.25, 0.3) is 0 Å². The van der Waals surface area contributed by atoms with Gasteiger partial charge < -0.3 is 15.8 Å². The van der Waals surface area contributed by atoms with E-state index in [-0.39, 0.29) is 11.3 Å². The summed E-state index contributed by atoms with van der Waals surface area (Å²) in [4.78, 5) is 35.8. The predicted octanol–water partition coefficient (Wildman–Crippen LogP) is 2.09. The third kappa shape index (κ3) is 7.65. The van der Waals surface area contributed by atoms with Gasteiger partial charge in [0, 0.05) is 12.0 Å². The average molecular weight is 356 g/mol. The monoisotopic (exact) mass is 355 g/mol. The van der Waals surface area contributed by atoms with E-state index in [9.17, 15) is 14.4 Å². The maximum Gasteiger partial charge on any atom is 0.234 e. The predicted molar refractivity (Wildman–Crippen MR) is 101 cm³/mol. The molecular weight excluding hydrogens is 318 g/mol. The molecule has 0 rings (SSSR count). The number of carbonyl (C=O) groups excluding carboxylic acids is 3. The number of rotatable bonds is 14. The second-order valence-electron chi connectivity index (χ2n) is 7.62. The van der Waals surface area contributed by atoms with E-state index in [1.54, 1.807) is 0 Å². The normalized spacial score (nSPS) is 16.7. The number of nitrogens with one attached hydrogen (secondary N) is 2. The molecule has 6 nitrogen and oxygen atoms in total. The van der Waals surface area contributed by atoms with Gasteiger partial charge in [-0.15, -0.1) is 0 Å². The molecule has 0 aliphatic carbocycles. The molecule has 0 heterocycles. The number of nitrogens with two attached hydrogens (primary N) is 1. The van der Waals surface area contributed by atoms with E-state index in [1.807, 2.05) is 34.6 Å². The van der Waals surface area contributed by atoms with E-state index in [1.165, 1.54) is 0 Å². The highest BCUT2D eigenvalue weighted by Crippen LogP contribution is 2.20. The van der Waals surface area contributed by atoms with Crippen molar-refractivity contribution < 1.29 is 14.4 Å². The Hall–Kier alpha value is -1.27. The molecule has 3 atom stereocenters. The van der Waals surface area contributed by atoms with Crippen molar-refractivity contribution in [1.29, 1.82) is 0 Å². The highest BCUT2D eigenvalue weighted by molar-refractivity contribution is 5.93. The fourth-order valence-corrected chi connectivity index (χ4v) is 2.77. The van der Waals surface area contributed by atoms with Crippen LogP contribution in [0.15, 0.2) is 0 Å². The van der Waals surface area contributed by atoms with Crippen LogP contribution in [0.2, 0.25) is 0 Å². The molecule has 25 heavy (non-hydrogen) atoms. The van der Waals surface area contributed by atoms with Crippen molar-refractivity contribution in [3.05, 3.63) is 0 Å². The van der Waals surface area contributed by atoms with Crippen LogP contribution in [0, 0.1) is 0 Å². The first-order valence-electron chi connectivity index (χ1n) is 9.39. The minimum Gasteiger partial charge on any atom is -0.368 e. The number of aldehydes is 1. The molecule has 0 bridgehead atoms.